The SMILES string of the molecule is CC(C)N(C)S(=O)(=O)C(C)CN. The summed E-state index contributed by atoms with van der Waals surface area (Å²) in [5, 5.41) is -0.495. The number of hydrogen-bond acceptors (Lipinski definition) is 3. The molecule has 0 bridgehead atoms. The monoisotopic (exact) mass is 194 g/mol. The zero-order valence-corrected chi connectivity index (χ0v) is 8.93. The summed E-state index contributed by atoms with van der Waals surface area (Å²) in [4.78, 5) is 0. The predicted molar refractivity (Wildman–Crippen MR) is 50.3 cm³/mol. The Morgan fingerprint density at radius 2 is 1.75 bits per heavy atom. The molecule has 0 saturated heterocycles. The Balaban J connectivity index is 4.62. The fourth-order valence-corrected chi connectivity index (χ4v) is 2.10. The molecule has 74 valence electrons. The lowest BCUT2D eigenvalue weighted by Gasteiger charge is -2.24. The minimum atomic E-state index is -3.18. The van der Waals surface area contributed by atoms with Crippen LogP contribution < -0.4 is 5.73 Å². The van der Waals surface area contributed by atoms with Gasteiger partial charge in [0, 0.05) is 19.6 Å². The molecule has 12 heavy (non-hydrogen) atoms. The maximum atomic E-state index is 11.5. The van der Waals surface area contributed by atoms with Crippen molar-refractivity contribution in [2.75, 3.05) is 13.6 Å². The molecule has 0 aliphatic rings. The van der Waals surface area contributed by atoms with Gasteiger partial charge in [-0.1, -0.05) is 0 Å². The van der Waals surface area contributed by atoms with Gasteiger partial charge in [-0.2, -0.15) is 0 Å². The highest BCUT2D eigenvalue weighted by Crippen LogP contribution is 2.08. The Hall–Kier alpha value is -0.130. The number of nitrogens with two attached hydrogens (primary N) is 1. The first-order valence-corrected chi connectivity index (χ1v) is 5.51. The van der Waals surface area contributed by atoms with Gasteiger partial charge < -0.3 is 5.73 Å². The average molecular weight is 194 g/mol. The van der Waals surface area contributed by atoms with Crippen LogP contribution in [0.5, 0.6) is 0 Å². The van der Waals surface area contributed by atoms with Gasteiger partial charge in [0.1, 0.15) is 0 Å². The van der Waals surface area contributed by atoms with Gasteiger partial charge >= 0.3 is 0 Å². The van der Waals surface area contributed by atoms with Gasteiger partial charge in [0.25, 0.3) is 0 Å². The van der Waals surface area contributed by atoms with Crippen LogP contribution in [0.2, 0.25) is 0 Å². The molecule has 0 rings (SSSR count). The molecule has 0 aliphatic carbocycles. The van der Waals surface area contributed by atoms with Crippen molar-refractivity contribution in [2.45, 2.75) is 32.1 Å². The predicted octanol–water partition coefficient (Wildman–Crippen LogP) is 0.00360. The maximum Gasteiger partial charge on any atom is 0.217 e. The molecule has 0 aromatic rings. The van der Waals surface area contributed by atoms with Gasteiger partial charge in [-0.25, -0.2) is 12.7 Å². The van der Waals surface area contributed by atoms with E-state index in [2.05, 4.69) is 0 Å². The van der Waals surface area contributed by atoms with Crippen LogP contribution in [0, 0.1) is 0 Å². The number of rotatable bonds is 4. The van der Waals surface area contributed by atoms with E-state index in [1.54, 1.807) is 14.0 Å². The van der Waals surface area contributed by atoms with E-state index in [1.807, 2.05) is 13.8 Å². The first-order valence-electron chi connectivity index (χ1n) is 4.01. The van der Waals surface area contributed by atoms with E-state index < -0.39 is 15.3 Å². The van der Waals surface area contributed by atoms with E-state index in [0.29, 0.717) is 0 Å². The molecular formula is C7H18N2O2S. The van der Waals surface area contributed by atoms with Crippen molar-refractivity contribution in [3.63, 3.8) is 0 Å². The van der Waals surface area contributed by atoms with E-state index in [9.17, 15) is 8.42 Å². The molecule has 2 N–H and O–H groups in total. The van der Waals surface area contributed by atoms with Gasteiger partial charge in [0.15, 0.2) is 0 Å². The Labute approximate surface area is 74.8 Å². The van der Waals surface area contributed by atoms with E-state index >= 15 is 0 Å². The van der Waals surface area contributed by atoms with E-state index in [-0.39, 0.29) is 12.6 Å². The highest BCUT2D eigenvalue weighted by atomic mass is 32.2. The largest absolute Gasteiger partial charge is 0.329 e. The minimum absolute atomic E-state index is 0.0102. The van der Waals surface area contributed by atoms with Crippen LogP contribution in [0.3, 0.4) is 0 Å². The van der Waals surface area contributed by atoms with E-state index in [4.69, 9.17) is 5.73 Å². The van der Waals surface area contributed by atoms with E-state index in [1.165, 1.54) is 4.31 Å². The molecule has 0 heterocycles. The lowest BCUT2D eigenvalue weighted by molar-refractivity contribution is 0.404. The van der Waals surface area contributed by atoms with Crippen molar-refractivity contribution in [1.29, 1.82) is 0 Å². The second-order valence-electron chi connectivity index (χ2n) is 3.20. The highest BCUT2D eigenvalue weighted by molar-refractivity contribution is 7.89. The Bertz CT molecular complexity index is 224. The highest BCUT2D eigenvalue weighted by Gasteiger charge is 2.26. The molecule has 0 aliphatic heterocycles. The van der Waals surface area contributed by atoms with Crippen LogP contribution >= 0.6 is 0 Å². The summed E-state index contributed by atoms with van der Waals surface area (Å²) in [6, 6.07) is -0.0102. The molecular weight excluding hydrogens is 176 g/mol. The maximum absolute atomic E-state index is 11.5. The number of sulfonamides is 1. The van der Waals surface area contributed by atoms with Crippen molar-refractivity contribution < 1.29 is 8.42 Å². The third-order valence-corrected chi connectivity index (χ3v) is 4.40. The molecule has 1 unspecified atom stereocenters. The van der Waals surface area contributed by atoms with Crippen LogP contribution in [-0.4, -0.2) is 37.6 Å². The van der Waals surface area contributed by atoms with Crippen LogP contribution in [0.4, 0.5) is 0 Å². The molecule has 0 aromatic carbocycles. The van der Waals surface area contributed by atoms with Crippen LogP contribution in [0.15, 0.2) is 0 Å². The molecule has 0 saturated carbocycles. The van der Waals surface area contributed by atoms with Gasteiger partial charge in [-0.05, 0) is 20.8 Å². The molecule has 0 radical (unpaired) electrons. The summed E-state index contributed by atoms with van der Waals surface area (Å²) in [5.74, 6) is 0. The summed E-state index contributed by atoms with van der Waals surface area (Å²) in [6.45, 7) is 5.45. The van der Waals surface area contributed by atoms with Gasteiger partial charge in [0.05, 0.1) is 5.25 Å². The smallest absolute Gasteiger partial charge is 0.217 e. The molecule has 0 aromatic heterocycles. The van der Waals surface area contributed by atoms with Crippen LogP contribution in [0.1, 0.15) is 20.8 Å². The standard InChI is InChI=1S/C7H18N2O2S/c1-6(2)9(4)12(10,11)7(3)5-8/h6-7H,5,8H2,1-4H3. The lowest BCUT2D eigenvalue weighted by atomic mass is 10.4. The third kappa shape index (κ3) is 2.43. The molecule has 5 heteroatoms. The van der Waals surface area contributed by atoms with Gasteiger partial charge in [-0.15, -0.1) is 0 Å². The normalized spacial score (nSPS) is 15.6. The van der Waals surface area contributed by atoms with Crippen molar-refractivity contribution in [3.8, 4) is 0 Å². The fraction of sp³-hybridized carbons (Fsp3) is 1.00. The number of hydrogen-bond donors (Lipinski definition) is 1. The zero-order chi connectivity index (χ0) is 9.94. The topological polar surface area (TPSA) is 63.4 Å². The summed E-state index contributed by atoms with van der Waals surface area (Å²) in [6.07, 6.45) is 0. The molecule has 1 atom stereocenters. The summed E-state index contributed by atoms with van der Waals surface area (Å²) in [7, 11) is -1.60. The fourth-order valence-electron chi connectivity index (χ4n) is 0.699. The van der Waals surface area contributed by atoms with Crippen molar-refractivity contribution in [3.05, 3.63) is 0 Å². The Kier molecular flexibility index (Phi) is 4.16. The molecule has 0 spiro atoms. The molecule has 0 fully saturated rings. The second kappa shape index (κ2) is 4.20. The zero-order valence-electron chi connectivity index (χ0n) is 8.11. The Morgan fingerprint density at radius 1 is 1.33 bits per heavy atom. The number of nitrogens with zero attached hydrogens (tertiary/aromatic N) is 1. The second-order valence-corrected chi connectivity index (χ2v) is 5.61. The molecule has 4 nitrogen and oxygen atoms in total. The van der Waals surface area contributed by atoms with Crippen LogP contribution in [-0.2, 0) is 10.0 Å². The van der Waals surface area contributed by atoms with Crippen molar-refractivity contribution in [2.24, 2.45) is 5.73 Å². The molecule has 0 amide bonds. The lowest BCUT2D eigenvalue weighted by Crippen LogP contribution is -2.41. The summed E-state index contributed by atoms with van der Waals surface area (Å²) < 4.78 is 24.4. The summed E-state index contributed by atoms with van der Waals surface area (Å²) in [5.41, 5.74) is 5.29. The first kappa shape index (κ1) is 11.9. The summed E-state index contributed by atoms with van der Waals surface area (Å²) >= 11 is 0. The van der Waals surface area contributed by atoms with Crippen molar-refractivity contribution in [1.82, 2.24) is 4.31 Å². The first-order chi connectivity index (χ1) is 5.34. The average Bonchev–Trinajstić information content (AvgIpc) is 2.01. The third-order valence-electron chi connectivity index (χ3n) is 1.97. The van der Waals surface area contributed by atoms with Crippen molar-refractivity contribution >= 4 is 10.0 Å². The quantitative estimate of drug-likeness (QED) is 0.685. The van der Waals surface area contributed by atoms with Gasteiger partial charge in [-0.3, -0.25) is 0 Å². The van der Waals surface area contributed by atoms with Crippen LogP contribution in [0.25, 0.3) is 0 Å². The van der Waals surface area contributed by atoms with E-state index in [0.717, 1.165) is 0 Å². The van der Waals surface area contributed by atoms with Gasteiger partial charge in [0.2, 0.25) is 10.0 Å². The Morgan fingerprint density at radius 3 is 2.00 bits per heavy atom. The minimum Gasteiger partial charge on any atom is -0.329 e.